The molecule has 0 fully saturated rings. The summed E-state index contributed by atoms with van der Waals surface area (Å²) in [7, 11) is 0. The third-order valence-electron chi connectivity index (χ3n) is 2.32. The summed E-state index contributed by atoms with van der Waals surface area (Å²) in [6.45, 7) is 0.407. The van der Waals surface area contributed by atoms with Crippen LogP contribution in [-0.4, -0.2) is 6.08 Å². The maximum absolute atomic E-state index is 10.3. The van der Waals surface area contributed by atoms with Crippen LogP contribution in [0, 0.1) is 0 Å². The zero-order valence-electron chi connectivity index (χ0n) is 9.47. The summed E-state index contributed by atoms with van der Waals surface area (Å²) >= 11 is 5.82. The van der Waals surface area contributed by atoms with E-state index in [-0.39, 0.29) is 0 Å². The first-order valence-corrected chi connectivity index (χ1v) is 5.71. The molecular weight excluding hydrogens is 250 g/mol. The van der Waals surface area contributed by atoms with Gasteiger partial charge in [0.1, 0.15) is 18.0 Å². The van der Waals surface area contributed by atoms with Crippen molar-refractivity contribution in [1.82, 2.24) is 0 Å². The fraction of sp³-hybridized carbons (Fsp3) is 0.0714. The monoisotopic (exact) mass is 259 g/mol. The molecule has 0 aliphatic heterocycles. The molecule has 0 bridgehead atoms. The predicted molar refractivity (Wildman–Crippen MR) is 70.0 cm³/mol. The van der Waals surface area contributed by atoms with Gasteiger partial charge in [0.25, 0.3) is 0 Å². The Morgan fingerprint density at radius 2 is 1.94 bits per heavy atom. The number of hydrogen-bond acceptors (Lipinski definition) is 3. The van der Waals surface area contributed by atoms with Gasteiger partial charge in [0.15, 0.2) is 0 Å². The molecule has 0 heterocycles. The maximum atomic E-state index is 10.3. The van der Waals surface area contributed by atoms with Crippen molar-refractivity contribution in [1.29, 1.82) is 0 Å². The average molecular weight is 260 g/mol. The van der Waals surface area contributed by atoms with Gasteiger partial charge in [-0.1, -0.05) is 41.9 Å². The zero-order valence-corrected chi connectivity index (χ0v) is 10.2. The minimum Gasteiger partial charge on any atom is -0.487 e. The molecule has 0 aromatic heterocycles. The van der Waals surface area contributed by atoms with E-state index in [0.29, 0.717) is 23.1 Å². The van der Waals surface area contributed by atoms with Gasteiger partial charge >= 0.3 is 0 Å². The summed E-state index contributed by atoms with van der Waals surface area (Å²) in [5, 5.41) is 0.496. The van der Waals surface area contributed by atoms with E-state index >= 15 is 0 Å². The first-order chi connectivity index (χ1) is 8.79. The van der Waals surface area contributed by atoms with Gasteiger partial charge in [0.2, 0.25) is 6.08 Å². The van der Waals surface area contributed by atoms with Gasteiger partial charge in [0, 0.05) is 5.02 Å². The van der Waals surface area contributed by atoms with Crippen LogP contribution in [0.25, 0.3) is 0 Å². The lowest BCUT2D eigenvalue weighted by Crippen LogP contribution is -1.95. The number of halogens is 1. The van der Waals surface area contributed by atoms with Gasteiger partial charge in [-0.3, -0.25) is 0 Å². The Labute approximate surface area is 110 Å². The van der Waals surface area contributed by atoms with Crippen LogP contribution in [0.3, 0.4) is 0 Å². The Bertz CT molecular complexity index is 578. The van der Waals surface area contributed by atoms with Crippen molar-refractivity contribution >= 4 is 23.4 Å². The van der Waals surface area contributed by atoms with E-state index in [1.807, 2.05) is 30.3 Å². The fourth-order valence-corrected chi connectivity index (χ4v) is 1.65. The standard InChI is InChI=1S/C14H10ClNO2/c15-12-6-7-14(13(8-12)16-10-17)18-9-11-4-2-1-3-5-11/h1-8H,9H2. The minimum atomic E-state index is 0.383. The number of isocyanates is 1. The Morgan fingerprint density at radius 1 is 1.17 bits per heavy atom. The van der Waals surface area contributed by atoms with Crippen molar-refractivity contribution in [2.24, 2.45) is 4.99 Å². The molecule has 2 aromatic rings. The second kappa shape index (κ2) is 6.01. The van der Waals surface area contributed by atoms with Gasteiger partial charge < -0.3 is 4.74 Å². The van der Waals surface area contributed by atoms with Crippen LogP contribution >= 0.6 is 11.6 Å². The maximum Gasteiger partial charge on any atom is 0.240 e. The highest BCUT2D eigenvalue weighted by Gasteiger charge is 2.04. The fourth-order valence-electron chi connectivity index (χ4n) is 1.48. The second-order valence-electron chi connectivity index (χ2n) is 3.59. The Morgan fingerprint density at radius 3 is 2.67 bits per heavy atom. The molecule has 0 saturated heterocycles. The van der Waals surface area contributed by atoms with Crippen LogP contribution in [0.1, 0.15) is 5.56 Å². The molecule has 3 nitrogen and oxygen atoms in total. The number of aliphatic imine (C=N–C) groups is 1. The lowest BCUT2D eigenvalue weighted by Gasteiger charge is -2.08. The molecule has 0 unspecified atom stereocenters. The molecule has 2 aromatic carbocycles. The highest BCUT2D eigenvalue weighted by Crippen LogP contribution is 2.30. The first-order valence-electron chi connectivity index (χ1n) is 5.34. The summed E-state index contributed by atoms with van der Waals surface area (Å²) in [6.07, 6.45) is 1.49. The van der Waals surface area contributed by atoms with E-state index < -0.39 is 0 Å². The van der Waals surface area contributed by atoms with Crippen LogP contribution in [-0.2, 0) is 11.4 Å². The van der Waals surface area contributed by atoms with Crippen LogP contribution in [0.2, 0.25) is 5.02 Å². The van der Waals surface area contributed by atoms with Crippen molar-refractivity contribution in [3.8, 4) is 5.75 Å². The minimum absolute atomic E-state index is 0.383. The molecule has 0 N–H and O–H groups in total. The molecule has 90 valence electrons. The molecule has 0 atom stereocenters. The quantitative estimate of drug-likeness (QED) is 0.617. The van der Waals surface area contributed by atoms with E-state index in [9.17, 15) is 4.79 Å². The number of nitrogens with zero attached hydrogens (tertiary/aromatic N) is 1. The molecular formula is C14H10ClNO2. The lowest BCUT2D eigenvalue weighted by molar-refractivity contribution is 0.307. The van der Waals surface area contributed by atoms with Crippen molar-refractivity contribution in [2.45, 2.75) is 6.61 Å². The van der Waals surface area contributed by atoms with Crippen LogP contribution in [0.4, 0.5) is 5.69 Å². The number of rotatable bonds is 4. The van der Waals surface area contributed by atoms with E-state index in [0.717, 1.165) is 5.56 Å². The van der Waals surface area contributed by atoms with Gasteiger partial charge in [-0.15, -0.1) is 0 Å². The van der Waals surface area contributed by atoms with Gasteiger partial charge in [0.05, 0.1) is 0 Å². The van der Waals surface area contributed by atoms with Crippen molar-refractivity contribution < 1.29 is 9.53 Å². The molecule has 0 aliphatic carbocycles. The van der Waals surface area contributed by atoms with E-state index in [1.165, 1.54) is 6.08 Å². The summed E-state index contributed by atoms with van der Waals surface area (Å²) in [5.41, 5.74) is 1.42. The third kappa shape index (κ3) is 3.20. The Hall–Kier alpha value is -2.09. The largest absolute Gasteiger partial charge is 0.487 e. The summed E-state index contributed by atoms with van der Waals surface area (Å²) < 4.78 is 5.60. The normalized spacial score (nSPS) is 9.61. The SMILES string of the molecule is O=C=Nc1cc(Cl)ccc1OCc1ccccc1. The number of ether oxygens (including phenoxy) is 1. The second-order valence-corrected chi connectivity index (χ2v) is 4.03. The molecule has 0 aliphatic rings. The third-order valence-corrected chi connectivity index (χ3v) is 2.56. The smallest absolute Gasteiger partial charge is 0.240 e. The number of carbonyl (C=O) groups excluding carboxylic acids is 1. The number of hydrogen-bond donors (Lipinski definition) is 0. The van der Waals surface area contributed by atoms with E-state index in [1.54, 1.807) is 18.2 Å². The number of benzene rings is 2. The molecule has 0 radical (unpaired) electrons. The topological polar surface area (TPSA) is 38.7 Å². The molecule has 0 spiro atoms. The Kier molecular flexibility index (Phi) is 4.13. The zero-order chi connectivity index (χ0) is 12.8. The molecule has 0 amide bonds. The molecule has 0 saturated carbocycles. The molecule has 18 heavy (non-hydrogen) atoms. The van der Waals surface area contributed by atoms with Crippen LogP contribution in [0.15, 0.2) is 53.5 Å². The predicted octanol–water partition coefficient (Wildman–Crippen LogP) is 3.89. The highest BCUT2D eigenvalue weighted by molar-refractivity contribution is 6.30. The van der Waals surface area contributed by atoms with Crippen LogP contribution in [0.5, 0.6) is 5.75 Å². The first kappa shape index (κ1) is 12.4. The van der Waals surface area contributed by atoms with E-state index in [2.05, 4.69) is 4.99 Å². The Balaban J connectivity index is 2.16. The van der Waals surface area contributed by atoms with E-state index in [4.69, 9.17) is 16.3 Å². The summed E-state index contributed by atoms with van der Waals surface area (Å²) in [6, 6.07) is 14.7. The van der Waals surface area contributed by atoms with Crippen molar-refractivity contribution in [3.05, 3.63) is 59.1 Å². The van der Waals surface area contributed by atoms with Gasteiger partial charge in [-0.05, 0) is 23.8 Å². The summed E-state index contributed by atoms with van der Waals surface area (Å²) in [5.74, 6) is 0.506. The molecule has 2 rings (SSSR count). The van der Waals surface area contributed by atoms with Crippen molar-refractivity contribution in [3.63, 3.8) is 0 Å². The molecule has 4 heteroatoms. The van der Waals surface area contributed by atoms with Gasteiger partial charge in [-0.2, -0.15) is 4.99 Å². The van der Waals surface area contributed by atoms with Crippen LogP contribution < -0.4 is 4.74 Å². The van der Waals surface area contributed by atoms with Gasteiger partial charge in [-0.25, -0.2) is 4.79 Å². The lowest BCUT2D eigenvalue weighted by atomic mass is 10.2. The average Bonchev–Trinajstić information content (AvgIpc) is 2.39. The van der Waals surface area contributed by atoms with Crippen molar-refractivity contribution in [2.75, 3.05) is 0 Å². The summed E-state index contributed by atoms with van der Waals surface area (Å²) in [4.78, 5) is 13.9. The highest BCUT2D eigenvalue weighted by atomic mass is 35.5.